The molecule has 2 aromatic carbocycles. The van der Waals surface area contributed by atoms with Crippen LogP contribution >= 0.6 is 0 Å². The molecule has 2 amide bonds. The van der Waals surface area contributed by atoms with Crippen LogP contribution < -0.4 is 15.4 Å². The Hall–Kier alpha value is -3.88. The summed E-state index contributed by atoms with van der Waals surface area (Å²) in [5.41, 5.74) is 0.392. The second-order valence-corrected chi connectivity index (χ2v) is 8.66. The molecular weight excluding hydrogens is 471 g/mol. The number of nitrogens with one attached hydrogen (secondary N) is 2. The molecule has 0 spiro atoms. The van der Waals surface area contributed by atoms with Crippen molar-refractivity contribution >= 4 is 23.3 Å². The number of carbonyl (C=O) groups is 2. The van der Waals surface area contributed by atoms with Crippen molar-refractivity contribution < 1.29 is 27.5 Å². The van der Waals surface area contributed by atoms with Crippen molar-refractivity contribution in [3.8, 4) is 11.5 Å². The van der Waals surface area contributed by atoms with Gasteiger partial charge in [-0.3, -0.25) is 9.59 Å². The van der Waals surface area contributed by atoms with E-state index in [1.54, 1.807) is 43.5 Å². The molecule has 0 aliphatic heterocycles. The van der Waals surface area contributed by atoms with E-state index >= 15 is 0 Å². The van der Waals surface area contributed by atoms with Crippen molar-refractivity contribution in [2.45, 2.75) is 45.2 Å². The van der Waals surface area contributed by atoms with Gasteiger partial charge in [0.1, 0.15) is 17.3 Å². The number of rotatable bonds is 9. The monoisotopic (exact) mass is 497 g/mol. The second kappa shape index (κ2) is 10.8. The minimum Gasteiger partial charge on any atom is -0.457 e. The lowest BCUT2D eigenvalue weighted by atomic mass is 10.0. The molecule has 4 rings (SSSR count). The zero-order chi connectivity index (χ0) is 25.7. The summed E-state index contributed by atoms with van der Waals surface area (Å²) in [5.74, 6) is 1.09. The number of anilines is 2. The van der Waals surface area contributed by atoms with E-state index in [9.17, 15) is 22.8 Å². The van der Waals surface area contributed by atoms with E-state index in [1.807, 2.05) is 6.07 Å². The molecule has 1 aliphatic carbocycles. The molecule has 1 aromatic heterocycles. The molecule has 1 fully saturated rings. The molecule has 0 radical (unpaired) electrons. The number of amides is 2. The molecule has 6 nitrogen and oxygen atoms in total. The third-order valence-electron chi connectivity index (χ3n) is 5.79. The molecule has 36 heavy (non-hydrogen) atoms. The van der Waals surface area contributed by atoms with Gasteiger partial charge < -0.3 is 15.4 Å². The Bertz CT molecular complexity index is 1260. The summed E-state index contributed by atoms with van der Waals surface area (Å²) >= 11 is 0. The largest absolute Gasteiger partial charge is 0.457 e. The molecule has 0 unspecified atom stereocenters. The fourth-order valence-electron chi connectivity index (χ4n) is 3.73. The highest BCUT2D eigenvalue weighted by Gasteiger charge is 2.33. The maximum atomic E-state index is 13.3. The van der Waals surface area contributed by atoms with Crippen LogP contribution in [-0.4, -0.2) is 16.8 Å². The fourth-order valence-corrected chi connectivity index (χ4v) is 3.73. The first-order valence-electron chi connectivity index (χ1n) is 11.7. The number of hydrogen-bond donors (Lipinski definition) is 2. The smallest absolute Gasteiger partial charge is 0.416 e. The van der Waals surface area contributed by atoms with Crippen LogP contribution in [0.2, 0.25) is 0 Å². The van der Waals surface area contributed by atoms with Crippen molar-refractivity contribution in [3.05, 3.63) is 77.5 Å². The Balaban J connectivity index is 1.34. The van der Waals surface area contributed by atoms with Crippen LogP contribution in [0.5, 0.6) is 11.5 Å². The third-order valence-corrected chi connectivity index (χ3v) is 5.79. The summed E-state index contributed by atoms with van der Waals surface area (Å²) in [5, 5.41) is 5.33. The minimum absolute atomic E-state index is 0.0455. The van der Waals surface area contributed by atoms with Crippen LogP contribution in [0.1, 0.15) is 42.9 Å². The number of halogens is 3. The third kappa shape index (κ3) is 6.84. The van der Waals surface area contributed by atoms with E-state index in [1.165, 1.54) is 12.1 Å². The van der Waals surface area contributed by atoms with Crippen molar-refractivity contribution in [2.75, 3.05) is 10.6 Å². The Morgan fingerprint density at radius 1 is 1.03 bits per heavy atom. The molecule has 0 bridgehead atoms. The van der Waals surface area contributed by atoms with Gasteiger partial charge >= 0.3 is 6.18 Å². The summed E-state index contributed by atoms with van der Waals surface area (Å²) in [6.07, 6.45) is -0.432. The molecule has 9 heteroatoms. The van der Waals surface area contributed by atoms with Gasteiger partial charge in [0.15, 0.2) is 0 Å². The van der Waals surface area contributed by atoms with Gasteiger partial charge in [0, 0.05) is 30.3 Å². The highest BCUT2D eigenvalue weighted by Crippen LogP contribution is 2.34. The maximum Gasteiger partial charge on any atom is 0.416 e. The Morgan fingerprint density at radius 2 is 1.81 bits per heavy atom. The average molecular weight is 498 g/mol. The first-order chi connectivity index (χ1) is 17.2. The lowest BCUT2D eigenvalue weighted by molar-refractivity contribution is -0.138. The van der Waals surface area contributed by atoms with Crippen LogP contribution in [0.15, 0.2) is 60.8 Å². The second-order valence-electron chi connectivity index (χ2n) is 8.66. The number of alkyl halides is 3. The summed E-state index contributed by atoms with van der Waals surface area (Å²) < 4.78 is 45.7. The van der Waals surface area contributed by atoms with Gasteiger partial charge in [-0.2, -0.15) is 13.2 Å². The number of aromatic nitrogens is 1. The van der Waals surface area contributed by atoms with Crippen LogP contribution in [0.25, 0.3) is 0 Å². The molecule has 1 heterocycles. The predicted octanol–water partition coefficient (Wildman–Crippen LogP) is 6.37. The molecule has 3 aromatic rings. The Kier molecular flexibility index (Phi) is 7.57. The first-order valence-corrected chi connectivity index (χ1v) is 11.7. The molecule has 1 aliphatic rings. The van der Waals surface area contributed by atoms with Crippen molar-refractivity contribution in [2.24, 2.45) is 5.92 Å². The van der Waals surface area contributed by atoms with Crippen molar-refractivity contribution in [1.29, 1.82) is 0 Å². The lowest BCUT2D eigenvalue weighted by Gasteiger charge is -2.14. The van der Waals surface area contributed by atoms with Gasteiger partial charge in [-0.25, -0.2) is 4.98 Å². The molecule has 0 atom stereocenters. The number of benzene rings is 2. The van der Waals surface area contributed by atoms with E-state index in [2.05, 4.69) is 15.6 Å². The van der Waals surface area contributed by atoms with Crippen molar-refractivity contribution in [3.63, 3.8) is 0 Å². The number of ether oxygens (including phenoxy) is 1. The number of carbonyl (C=O) groups excluding carboxylic acids is 2. The zero-order valence-electron chi connectivity index (χ0n) is 19.7. The van der Waals surface area contributed by atoms with Gasteiger partial charge in [0.05, 0.1) is 5.56 Å². The van der Waals surface area contributed by atoms with Crippen LogP contribution in [0.3, 0.4) is 0 Å². The topological polar surface area (TPSA) is 80.3 Å². The van der Waals surface area contributed by atoms with Crippen LogP contribution in [0.4, 0.5) is 24.7 Å². The van der Waals surface area contributed by atoms with E-state index in [4.69, 9.17) is 4.74 Å². The van der Waals surface area contributed by atoms with Crippen molar-refractivity contribution in [1.82, 2.24) is 4.98 Å². The fraction of sp³-hybridized carbons (Fsp3) is 0.296. The van der Waals surface area contributed by atoms with Gasteiger partial charge in [-0.15, -0.1) is 0 Å². The first kappa shape index (κ1) is 25.2. The molecule has 188 valence electrons. The molecule has 1 saturated carbocycles. The molecular formula is C27H26F3N3O3. The van der Waals surface area contributed by atoms with Crippen LogP contribution in [-0.2, 0) is 28.6 Å². The van der Waals surface area contributed by atoms with E-state index < -0.39 is 11.7 Å². The highest BCUT2D eigenvalue weighted by atomic mass is 19.4. The Labute approximate surface area is 206 Å². The molecule has 0 saturated heterocycles. The van der Waals surface area contributed by atoms with Gasteiger partial charge in [-0.05, 0) is 67.1 Å². The summed E-state index contributed by atoms with van der Waals surface area (Å²) in [6.45, 7) is 1.65. The average Bonchev–Trinajstić information content (AvgIpc) is 3.68. The normalized spacial score (nSPS) is 13.2. The van der Waals surface area contributed by atoms with E-state index in [0.717, 1.165) is 24.5 Å². The summed E-state index contributed by atoms with van der Waals surface area (Å²) in [7, 11) is 0. The number of aryl methyl sites for hydroxylation is 2. The maximum absolute atomic E-state index is 13.3. The van der Waals surface area contributed by atoms with Crippen LogP contribution in [0, 0.1) is 5.92 Å². The van der Waals surface area contributed by atoms with E-state index in [-0.39, 0.29) is 41.8 Å². The zero-order valence-corrected chi connectivity index (χ0v) is 19.7. The number of hydrogen-bond acceptors (Lipinski definition) is 4. The minimum atomic E-state index is -4.48. The summed E-state index contributed by atoms with van der Waals surface area (Å²) in [6, 6.07) is 14.3. The lowest BCUT2D eigenvalue weighted by Crippen LogP contribution is -2.14. The SMILES string of the molecule is CCc1ccc(NC(=O)CCc2cccc(Oc3ccnc(NC(=O)C4CC4)c3)c2)cc1C(F)(F)F. The molecule has 2 N–H and O–H groups in total. The standard InChI is InChI=1S/C27H26F3N3O3/c1-2-18-9-10-20(15-23(18)27(28,29)30)32-25(34)11-6-17-4-3-5-21(14-17)36-22-12-13-31-24(16-22)33-26(35)19-7-8-19/h3-5,9-10,12-16,19H,2,6-8,11H2,1H3,(H,32,34)(H,31,33,35). The van der Waals surface area contributed by atoms with E-state index in [0.29, 0.717) is 23.7 Å². The van der Waals surface area contributed by atoms with Gasteiger partial charge in [0.25, 0.3) is 0 Å². The van der Waals surface area contributed by atoms with Gasteiger partial charge in [0.2, 0.25) is 11.8 Å². The number of pyridine rings is 1. The Morgan fingerprint density at radius 3 is 2.53 bits per heavy atom. The highest BCUT2D eigenvalue weighted by molar-refractivity contribution is 5.93. The number of nitrogens with zero attached hydrogens (tertiary/aromatic N) is 1. The predicted molar refractivity (Wildman–Crippen MR) is 130 cm³/mol. The van der Waals surface area contributed by atoms with Gasteiger partial charge in [-0.1, -0.05) is 25.1 Å². The summed E-state index contributed by atoms with van der Waals surface area (Å²) in [4.78, 5) is 28.5. The quantitative estimate of drug-likeness (QED) is 0.360.